The fourth-order valence-corrected chi connectivity index (χ4v) is 5.78. The molecule has 0 radical (unpaired) electrons. The molecule has 8 nitrogen and oxygen atoms in total. The van der Waals surface area contributed by atoms with Crippen molar-refractivity contribution in [2.75, 3.05) is 5.73 Å². The lowest BCUT2D eigenvalue weighted by Crippen LogP contribution is -2.23. The van der Waals surface area contributed by atoms with Crippen molar-refractivity contribution < 1.29 is 13.2 Å². The van der Waals surface area contributed by atoms with Gasteiger partial charge in [-0.15, -0.1) is 0 Å². The van der Waals surface area contributed by atoms with E-state index >= 15 is 0 Å². The monoisotopic (exact) mass is 477 g/mol. The van der Waals surface area contributed by atoms with Crippen molar-refractivity contribution in [3.8, 4) is 22.5 Å². The van der Waals surface area contributed by atoms with Crippen molar-refractivity contribution in [3.63, 3.8) is 0 Å². The van der Waals surface area contributed by atoms with Gasteiger partial charge in [-0.25, -0.2) is 22.4 Å². The normalized spacial score (nSPS) is 15.4. The average molecular weight is 478 g/mol. The molecule has 1 aliphatic carbocycles. The zero-order valence-corrected chi connectivity index (χ0v) is 20.0. The second-order valence-corrected chi connectivity index (χ2v) is 11.4. The van der Waals surface area contributed by atoms with E-state index in [2.05, 4.69) is 9.55 Å². The van der Waals surface area contributed by atoms with E-state index < -0.39 is 15.3 Å². The third kappa shape index (κ3) is 3.69. The van der Waals surface area contributed by atoms with E-state index in [0.29, 0.717) is 29.7 Å². The number of anilines is 1. The predicted octanol–water partition coefficient (Wildman–Crippen LogP) is 4.42. The summed E-state index contributed by atoms with van der Waals surface area (Å²) >= 11 is 0. The number of carbonyl (C=O) groups is 1. The maximum absolute atomic E-state index is 13.1. The first-order chi connectivity index (χ1) is 16.3. The van der Waals surface area contributed by atoms with Crippen LogP contribution < -0.4 is 5.73 Å². The van der Waals surface area contributed by atoms with Crippen molar-refractivity contribution >= 4 is 32.8 Å². The van der Waals surface area contributed by atoms with Gasteiger partial charge < -0.3 is 10.3 Å². The largest absolute Gasteiger partial charge is 0.368 e. The predicted molar refractivity (Wildman–Crippen MR) is 133 cm³/mol. The summed E-state index contributed by atoms with van der Waals surface area (Å²) in [5.74, 6) is 0.240. The zero-order chi connectivity index (χ0) is 24.0. The number of Topliss-reactive ketones (excluding diaryl/α,β-unsaturated/α-hetero) is 1. The van der Waals surface area contributed by atoms with Crippen LogP contribution in [0.3, 0.4) is 0 Å². The van der Waals surface area contributed by atoms with Gasteiger partial charge in [-0.1, -0.05) is 36.4 Å². The number of rotatable bonds is 5. The number of hydrogen-bond donors (Lipinski definition) is 1. The number of carbonyl (C=O) groups excluding carboxylic acids is 1. The number of ketones is 1. The van der Waals surface area contributed by atoms with Crippen LogP contribution in [0, 0.1) is 0 Å². The van der Waals surface area contributed by atoms with Crippen LogP contribution in [-0.2, 0) is 14.8 Å². The Kier molecular flexibility index (Phi) is 5.51. The Morgan fingerprint density at radius 2 is 1.74 bits per heavy atom. The van der Waals surface area contributed by atoms with Gasteiger partial charge in [-0.05, 0) is 38.8 Å². The topological polar surface area (TPSA) is 113 Å². The summed E-state index contributed by atoms with van der Waals surface area (Å²) in [7, 11) is -3.71. The Hall–Kier alpha value is -3.46. The minimum Gasteiger partial charge on any atom is -0.368 e. The molecule has 2 aromatic heterocycles. The minimum absolute atomic E-state index is 0.0524. The first kappa shape index (κ1) is 22.3. The fraction of sp³-hybridized carbons (Fsp3) is 0.320. The van der Waals surface area contributed by atoms with Crippen molar-refractivity contribution in [2.24, 2.45) is 0 Å². The van der Waals surface area contributed by atoms with Crippen molar-refractivity contribution in [1.29, 1.82) is 0 Å². The molecule has 0 atom stereocenters. The highest BCUT2D eigenvalue weighted by molar-refractivity contribution is 7.90. The van der Waals surface area contributed by atoms with E-state index in [1.54, 1.807) is 19.9 Å². The van der Waals surface area contributed by atoms with Crippen LogP contribution in [0.25, 0.3) is 33.5 Å². The van der Waals surface area contributed by atoms with Crippen LogP contribution in [0.4, 0.5) is 5.95 Å². The van der Waals surface area contributed by atoms with Gasteiger partial charge in [0.15, 0.2) is 0 Å². The van der Waals surface area contributed by atoms with Crippen LogP contribution in [0.1, 0.15) is 45.6 Å². The third-order valence-electron chi connectivity index (χ3n) is 6.51. The van der Waals surface area contributed by atoms with Gasteiger partial charge in [0.2, 0.25) is 16.0 Å². The molecule has 34 heavy (non-hydrogen) atoms. The average Bonchev–Trinajstić information content (AvgIpc) is 3.40. The lowest BCUT2D eigenvalue weighted by Gasteiger charge is -2.25. The molecular weight excluding hydrogens is 450 g/mol. The summed E-state index contributed by atoms with van der Waals surface area (Å²) in [4.78, 5) is 20.9. The fourth-order valence-electron chi connectivity index (χ4n) is 4.63. The second kappa shape index (κ2) is 8.39. The Bertz CT molecular complexity index is 1480. The molecule has 0 spiro atoms. The van der Waals surface area contributed by atoms with E-state index in [1.807, 2.05) is 48.8 Å². The van der Waals surface area contributed by atoms with Gasteiger partial charge >= 0.3 is 0 Å². The summed E-state index contributed by atoms with van der Waals surface area (Å²) in [5.41, 5.74) is 10.5. The molecule has 0 bridgehead atoms. The Morgan fingerprint density at radius 1 is 1.03 bits per heavy atom. The molecule has 0 aliphatic heterocycles. The molecule has 2 aromatic carbocycles. The Balaban J connectivity index is 1.73. The molecule has 1 saturated carbocycles. The quantitative estimate of drug-likeness (QED) is 0.455. The molecule has 0 amide bonds. The second-order valence-electron chi connectivity index (χ2n) is 9.02. The molecule has 0 unspecified atom stereocenters. The van der Waals surface area contributed by atoms with Gasteiger partial charge in [0.1, 0.15) is 5.78 Å². The molecule has 2 N–H and O–H groups in total. The summed E-state index contributed by atoms with van der Waals surface area (Å²) in [6.07, 6.45) is 4.45. The third-order valence-corrected chi connectivity index (χ3v) is 8.59. The van der Waals surface area contributed by atoms with Crippen LogP contribution >= 0.6 is 0 Å². The summed E-state index contributed by atoms with van der Waals surface area (Å²) in [5, 5.41) is -0.652. The van der Waals surface area contributed by atoms with E-state index in [9.17, 15) is 13.2 Å². The number of hydrogen-bond acceptors (Lipinski definition) is 6. The number of nitrogens with two attached hydrogens (primary N) is 1. The van der Waals surface area contributed by atoms with E-state index in [-0.39, 0.29) is 12.0 Å². The standard InChI is InChI=1S/C25H27N5O3S/c1-16(2)34(32,33)30-22-14-18(8-13-21(22)28-25(30)26)24-23(17-6-4-3-5-7-17)27-15-29(24)19-9-11-20(31)12-10-19/h3-8,13-16,19H,9-12H2,1-2H3,(H2,26,28). The van der Waals surface area contributed by atoms with Crippen molar-refractivity contribution in [3.05, 3.63) is 54.9 Å². The Labute approximate surface area is 198 Å². The lowest BCUT2D eigenvalue weighted by molar-refractivity contribution is -0.120. The highest BCUT2D eigenvalue weighted by atomic mass is 32.2. The zero-order valence-electron chi connectivity index (χ0n) is 19.2. The minimum atomic E-state index is -3.71. The molecule has 1 fully saturated rings. The summed E-state index contributed by atoms with van der Waals surface area (Å²) in [6, 6.07) is 15.6. The molecule has 0 saturated heterocycles. The molecule has 176 valence electrons. The SMILES string of the molecule is CC(C)S(=O)(=O)n1c(N)nc2ccc(-c3c(-c4ccccc4)ncn3C3CCC(=O)CC3)cc21. The molecule has 1 aliphatic rings. The van der Waals surface area contributed by atoms with Gasteiger partial charge in [0.05, 0.1) is 34.0 Å². The van der Waals surface area contributed by atoms with Crippen LogP contribution in [0.15, 0.2) is 54.9 Å². The van der Waals surface area contributed by atoms with Gasteiger partial charge in [0.25, 0.3) is 0 Å². The number of benzene rings is 2. The Morgan fingerprint density at radius 3 is 2.41 bits per heavy atom. The molecular formula is C25H27N5O3S. The number of fused-ring (bicyclic) bond motifs is 1. The van der Waals surface area contributed by atoms with Gasteiger partial charge in [-0.2, -0.15) is 0 Å². The number of nitrogens with zero attached hydrogens (tertiary/aromatic N) is 4. The highest BCUT2D eigenvalue weighted by Gasteiger charge is 2.27. The van der Waals surface area contributed by atoms with E-state index in [4.69, 9.17) is 10.7 Å². The molecule has 4 aromatic rings. The smallest absolute Gasteiger partial charge is 0.244 e. The van der Waals surface area contributed by atoms with Crippen LogP contribution in [0.2, 0.25) is 0 Å². The van der Waals surface area contributed by atoms with E-state index in [0.717, 1.165) is 39.3 Å². The number of aromatic nitrogens is 4. The van der Waals surface area contributed by atoms with Crippen LogP contribution in [0.5, 0.6) is 0 Å². The first-order valence-electron chi connectivity index (χ1n) is 11.4. The lowest BCUT2D eigenvalue weighted by atomic mass is 9.93. The number of nitrogen functional groups attached to an aromatic ring is 1. The summed E-state index contributed by atoms with van der Waals surface area (Å²) in [6.45, 7) is 3.24. The number of imidazole rings is 2. The van der Waals surface area contributed by atoms with Crippen molar-refractivity contribution in [2.45, 2.75) is 50.8 Å². The van der Waals surface area contributed by atoms with Gasteiger partial charge in [0, 0.05) is 30.0 Å². The maximum atomic E-state index is 13.1. The first-order valence-corrected chi connectivity index (χ1v) is 12.9. The van der Waals surface area contributed by atoms with Crippen molar-refractivity contribution in [1.82, 2.24) is 18.5 Å². The summed E-state index contributed by atoms with van der Waals surface area (Å²) < 4.78 is 29.4. The molecule has 2 heterocycles. The highest BCUT2D eigenvalue weighted by Crippen LogP contribution is 2.38. The molecule has 9 heteroatoms. The van der Waals surface area contributed by atoms with E-state index in [1.165, 1.54) is 0 Å². The molecule has 5 rings (SSSR count). The maximum Gasteiger partial charge on any atom is 0.244 e. The van der Waals surface area contributed by atoms with Crippen LogP contribution in [-0.4, -0.2) is 38.0 Å². The van der Waals surface area contributed by atoms with Gasteiger partial charge in [-0.3, -0.25) is 4.79 Å².